The Morgan fingerprint density at radius 1 is 1.25 bits per heavy atom. The van der Waals surface area contributed by atoms with Crippen molar-refractivity contribution in [1.82, 2.24) is 0 Å². The smallest absolute Gasteiger partial charge is 0.340 e. The molecule has 9 atom stereocenters. The zero-order valence-corrected chi connectivity index (χ0v) is 15.4. The van der Waals surface area contributed by atoms with E-state index in [-0.39, 0.29) is 24.5 Å². The zero-order chi connectivity index (χ0) is 20.6. The summed E-state index contributed by atoms with van der Waals surface area (Å²) >= 11 is 5.74. The molecule has 11 nitrogen and oxygen atoms in total. The van der Waals surface area contributed by atoms with Crippen LogP contribution in [-0.2, 0) is 23.7 Å². The second-order valence-corrected chi connectivity index (χ2v) is 7.24. The molecule has 0 aromatic heterocycles. The molecule has 3 rings (SSSR count). The van der Waals surface area contributed by atoms with Gasteiger partial charge in [-0.05, 0) is 0 Å². The van der Waals surface area contributed by atoms with Gasteiger partial charge in [-0.25, -0.2) is 4.79 Å². The first-order chi connectivity index (χ1) is 13.2. The van der Waals surface area contributed by atoms with E-state index in [4.69, 9.17) is 30.5 Å². The number of carbonyl (C=O) groups is 1. The first-order valence-corrected chi connectivity index (χ1v) is 9.23. The van der Waals surface area contributed by atoms with E-state index in [0.29, 0.717) is 0 Å². The Morgan fingerprint density at radius 3 is 2.61 bits per heavy atom. The van der Waals surface area contributed by atoms with E-state index in [1.54, 1.807) is 0 Å². The third-order valence-corrected chi connectivity index (χ3v) is 5.57. The van der Waals surface area contributed by atoms with Gasteiger partial charge in [0, 0.05) is 12.3 Å². The number of carbonyl (C=O) groups excluding carboxylic acids is 1. The van der Waals surface area contributed by atoms with Crippen LogP contribution in [0, 0.1) is 5.92 Å². The first kappa shape index (κ1) is 21.7. The lowest BCUT2D eigenvalue weighted by Crippen LogP contribution is -2.63. The van der Waals surface area contributed by atoms with Crippen molar-refractivity contribution in [2.24, 2.45) is 5.92 Å². The quantitative estimate of drug-likeness (QED) is 0.194. The van der Waals surface area contributed by atoms with Crippen LogP contribution in [0.3, 0.4) is 0 Å². The molecular weight excluding hydrogens is 404 g/mol. The molecule has 12 heteroatoms. The van der Waals surface area contributed by atoms with Crippen LogP contribution in [0.2, 0.25) is 0 Å². The molecule has 0 unspecified atom stereocenters. The Morgan fingerprint density at radius 2 is 1.96 bits per heavy atom. The van der Waals surface area contributed by atoms with Crippen molar-refractivity contribution in [3.63, 3.8) is 0 Å². The number of fused-ring (bicyclic) bond motifs is 1. The number of ether oxygens (including phenoxy) is 4. The second-order valence-electron chi connectivity index (χ2n) is 6.93. The number of aliphatic hydroxyl groups is 6. The van der Waals surface area contributed by atoms with Gasteiger partial charge in [0.25, 0.3) is 0 Å². The molecule has 0 aromatic rings. The Kier molecular flexibility index (Phi) is 6.49. The van der Waals surface area contributed by atoms with Crippen molar-refractivity contribution >= 4 is 17.6 Å². The van der Waals surface area contributed by atoms with Crippen LogP contribution >= 0.6 is 11.6 Å². The molecule has 0 amide bonds. The summed E-state index contributed by atoms with van der Waals surface area (Å²) < 4.78 is 21.0. The summed E-state index contributed by atoms with van der Waals surface area (Å²) in [5.74, 6) is -2.40. The Bertz CT molecular complexity index is 613. The summed E-state index contributed by atoms with van der Waals surface area (Å²) in [6.07, 6.45) is -9.70. The molecule has 0 saturated carbocycles. The third-order valence-electron chi connectivity index (χ3n) is 5.26. The summed E-state index contributed by atoms with van der Waals surface area (Å²) in [7, 11) is 0. The van der Waals surface area contributed by atoms with Gasteiger partial charge in [0.15, 0.2) is 6.29 Å². The van der Waals surface area contributed by atoms with Crippen LogP contribution in [0.25, 0.3) is 0 Å². The summed E-state index contributed by atoms with van der Waals surface area (Å²) in [5.41, 5.74) is -2.08. The SMILES string of the molecule is O=C1OCC[C@]2(O)C1=CO[C@@H](O[C@@H]1O[C@H](CO)[C@@H](O)[C@H](O)[C@H]1O)[C@@H]2[C@H](O)CCl. The number of aliphatic hydroxyl groups excluding tert-OH is 5. The van der Waals surface area contributed by atoms with E-state index in [9.17, 15) is 35.4 Å². The molecule has 0 aromatic carbocycles. The zero-order valence-electron chi connectivity index (χ0n) is 14.6. The van der Waals surface area contributed by atoms with E-state index >= 15 is 0 Å². The minimum Gasteiger partial charge on any atom is -0.471 e. The van der Waals surface area contributed by atoms with Crippen LogP contribution in [0.4, 0.5) is 0 Å². The number of cyclic esters (lactones) is 1. The lowest BCUT2D eigenvalue weighted by Gasteiger charge is -2.48. The molecule has 2 fully saturated rings. The molecule has 0 aliphatic carbocycles. The number of alkyl halides is 1. The number of hydrogen-bond donors (Lipinski definition) is 6. The molecule has 2 saturated heterocycles. The first-order valence-electron chi connectivity index (χ1n) is 8.70. The molecule has 0 spiro atoms. The van der Waals surface area contributed by atoms with Gasteiger partial charge in [-0.3, -0.25) is 0 Å². The van der Waals surface area contributed by atoms with E-state index in [0.717, 1.165) is 6.26 Å². The molecule has 3 aliphatic heterocycles. The maximum Gasteiger partial charge on any atom is 0.340 e. The Labute approximate surface area is 164 Å². The van der Waals surface area contributed by atoms with E-state index in [2.05, 4.69) is 0 Å². The minimum absolute atomic E-state index is 0.0545. The van der Waals surface area contributed by atoms with Gasteiger partial charge in [-0.15, -0.1) is 11.6 Å². The molecule has 3 heterocycles. The van der Waals surface area contributed by atoms with Crippen molar-refractivity contribution in [3.05, 3.63) is 11.8 Å². The summed E-state index contributed by atoms with van der Waals surface area (Å²) in [4.78, 5) is 12.0. The van der Waals surface area contributed by atoms with Crippen molar-refractivity contribution in [1.29, 1.82) is 0 Å². The summed E-state index contributed by atoms with van der Waals surface area (Å²) in [6, 6.07) is 0. The maximum atomic E-state index is 12.0. The monoisotopic (exact) mass is 426 g/mol. The highest BCUT2D eigenvalue weighted by molar-refractivity contribution is 6.18. The van der Waals surface area contributed by atoms with E-state index < -0.39 is 67.2 Å². The molecule has 28 heavy (non-hydrogen) atoms. The molecular formula is C16H23ClO11. The number of hydrogen-bond acceptors (Lipinski definition) is 11. The fraction of sp³-hybridized carbons (Fsp3) is 0.812. The predicted octanol–water partition coefficient (Wildman–Crippen LogP) is -3.06. The minimum atomic E-state index is -1.87. The Balaban J connectivity index is 1.87. The average Bonchev–Trinajstić information content (AvgIpc) is 2.67. The third kappa shape index (κ3) is 3.62. The predicted molar refractivity (Wildman–Crippen MR) is 88.6 cm³/mol. The normalized spacial score (nSPS) is 44.8. The van der Waals surface area contributed by atoms with Gasteiger partial charge in [0.05, 0.1) is 31.5 Å². The number of esters is 1. The van der Waals surface area contributed by atoms with Crippen LogP contribution < -0.4 is 0 Å². The van der Waals surface area contributed by atoms with E-state index in [1.165, 1.54) is 0 Å². The van der Waals surface area contributed by atoms with Crippen LogP contribution in [0.1, 0.15) is 6.42 Å². The maximum absolute atomic E-state index is 12.0. The van der Waals surface area contributed by atoms with Gasteiger partial charge in [0.1, 0.15) is 35.6 Å². The van der Waals surface area contributed by atoms with Gasteiger partial charge in [0.2, 0.25) is 6.29 Å². The molecule has 6 N–H and O–H groups in total. The highest BCUT2D eigenvalue weighted by Crippen LogP contribution is 2.43. The largest absolute Gasteiger partial charge is 0.471 e. The topological polar surface area (TPSA) is 175 Å². The van der Waals surface area contributed by atoms with Gasteiger partial charge >= 0.3 is 5.97 Å². The number of halogens is 1. The summed E-state index contributed by atoms with van der Waals surface area (Å²) in [5, 5.41) is 60.6. The van der Waals surface area contributed by atoms with E-state index in [1.807, 2.05) is 0 Å². The van der Waals surface area contributed by atoms with Gasteiger partial charge < -0.3 is 49.6 Å². The van der Waals surface area contributed by atoms with Crippen molar-refractivity contribution in [2.45, 2.75) is 55.1 Å². The molecule has 0 bridgehead atoms. The summed E-state index contributed by atoms with van der Waals surface area (Å²) in [6.45, 7) is -0.769. The fourth-order valence-corrected chi connectivity index (χ4v) is 3.85. The average molecular weight is 427 g/mol. The van der Waals surface area contributed by atoms with Crippen LogP contribution in [-0.4, -0.2) is 104 Å². The molecule has 160 valence electrons. The van der Waals surface area contributed by atoms with Crippen molar-refractivity contribution in [2.75, 3.05) is 19.1 Å². The van der Waals surface area contributed by atoms with Gasteiger partial charge in [-0.1, -0.05) is 0 Å². The standard InChI is InChI=1S/C16H23ClO11/c17-3-7(19)9-14(26-5-6-13(23)25-2-1-16(6,9)24)28-15-12(22)11(21)10(20)8(4-18)27-15/h5,7-12,14-15,18-22,24H,1-4H2/t7-,8-,9+,10-,11+,12-,14+,15+,16+/m1/s1. The van der Waals surface area contributed by atoms with Crippen LogP contribution in [0.5, 0.6) is 0 Å². The second kappa shape index (κ2) is 8.38. The van der Waals surface area contributed by atoms with Gasteiger partial charge in [-0.2, -0.15) is 0 Å². The fourth-order valence-electron chi connectivity index (χ4n) is 3.65. The van der Waals surface area contributed by atoms with Crippen LogP contribution in [0.15, 0.2) is 11.8 Å². The lowest BCUT2D eigenvalue weighted by molar-refractivity contribution is -0.351. The Hall–Kier alpha value is -1.02. The van der Waals surface area contributed by atoms with Crippen molar-refractivity contribution < 1.29 is 54.4 Å². The molecule has 0 radical (unpaired) electrons. The van der Waals surface area contributed by atoms with Crippen molar-refractivity contribution in [3.8, 4) is 0 Å². The molecule has 3 aliphatic rings. The number of rotatable bonds is 5. The lowest BCUT2D eigenvalue weighted by atomic mass is 9.73. The highest BCUT2D eigenvalue weighted by Gasteiger charge is 2.57. The highest BCUT2D eigenvalue weighted by atomic mass is 35.5.